The Kier molecular flexibility index (Phi) is 4.04. The van der Waals surface area contributed by atoms with Gasteiger partial charge in [0.2, 0.25) is 0 Å². The van der Waals surface area contributed by atoms with Crippen LogP contribution < -0.4 is 5.32 Å². The largest absolute Gasteiger partial charge is 0.378 e. The van der Waals surface area contributed by atoms with Gasteiger partial charge in [0.25, 0.3) is 0 Å². The average molecular weight is 225 g/mol. The molecule has 4 nitrogen and oxygen atoms in total. The van der Waals surface area contributed by atoms with Crippen molar-refractivity contribution in [2.45, 2.75) is 32.3 Å². The lowest BCUT2D eigenvalue weighted by Crippen LogP contribution is -2.38. The van der Waals surface area contributed by atoms with Gasteiger partial charge in [0.1, 0.15) is 0 Å². The summed E-state index contributed by atoms with van der Waals surface area (Å²) < 4.78 is 5.55. The number of rotatable bonds is 5. The quantitative estimate of drug-likeness (QED) is 0.761. The predicted octanol–water partition coefficient (Wildman–Crippen LogP) is 1.08. The molecule has 0 radical (unpaired) electrons. The number of nitrogens with one attached hydrogen (secondary N) is 1. The zero-order valence-corrected chi connectivity index (χ0v) is 10.4. The zero-order chi connectivity index (χ0) is 11.4. The van der Waals surface area contributed by atoms with Crippen LogP contribution in [-0.4, -0.2) is 50.3 Å². The van der Waals surface area contributed by atoms with Gasteiger partial charge >= 0.3 is 0 Å². The van der Waals surface area contributed by atoms with Gasteiger partial charge < -0.3 is 15.0 Å². The van der Waals surface area contributed by atoms with Gasteiger partial charge in [-0.3, -0.25) is 4.99 Å². The lowest BCUT2D eigenvalue weighted by molar-refractivity contribution is -0.0260. The summed E-state index contributed by atoms with van der Waals surface area (Å²) in [6.07, 6.45) is 4.29. The SMILES string of the molecule is CCOC1CC(CCNC2=NCCN2C)C1. The number of hydrogen-bond donors (Lipinski definition) is 1. The van der Waals surface area contributed by atoms with E-state index in [-0.39, 0.29) is 0 Å². The first kappa shape index (κ1) is 11.7. The second-order valence-electron chi connectivity index (χ2n) is 4.76. The summed E-state index contributed by atoms with van der Waals surface area (Å²) in [6, 6.07) is 0. The molecule has 1 aliphatic heterocycles. The van der Waals surface area contributed by atoms with Crippen molar-refractivity contribution in [2.24, 2.45) is 10.9 Å². The van der Waals surface area contributed by atoms with E-state index in [1.807, 2.05) is 0 Å². The first-order valence-electron chi connectivity index (χ1n) is 6.40. The predicted molar refractivity (Wildman–Crippen MR) is 65.7 cm³/mol. The van der Waals surface area contributed by atoms with Gasteiger partial charge in [-0.25, -0.2) is 0 Å². The van der Waals surface area contributed by atoms with Crippen molar-refractivity contribution in [1.82, 2.24) is 10.2 Å². The van der Waals surface area contributed by atoms with Crippen molar-refractivity contribution in [1.29, 1.82) is 0 Å². The molecule has 1 fully saturated rings. The van der Waals surface area contributed by atoms with Gasteiger partial charge in [-0.15, -0.1) is 0 Å². The van der Waals surface area contributed by atoms with Crippen LogP contribution in [0, 0.1) is 5.92 Å². The topological polar surface area (TPSA) is 36.9 Å². The molecule has 1 aliphatic carbocycles. The molecule has 0 aromatic rings. The Morgan fingerprint density at radius 1 is 1.50 bits per heavy atom. The molecule has 1 saturated carbocycles. The Labute approximate surface area is 98.1 Å². The van der Waals surface area contributed by atoms with Crippen LogP contribution in [0.3, 0.4) is 0 Å². The van der Waals surface area contributed by atoms with Crippen molar-refractivity contribution >= 4 is 5.96 Å². The summed E-state index contributed by atoms with van der Waals surface area (Å²) in [4.78, 5) is 6.59. The van der Waals surface area contributed by atoms with Crippen LogP contribution in [0.15, 0.2) is 4.99 Å². The van der Waals surface area contributed by atoms with Crippen LogP contribution in [-0.2, 0) is 4.74 Å². The molecule has 1 heterocycles. The van der Waals surface area contributed by atoms with Crippen LogP contribution in [0.2, 0.25) is 0 Å². The molecule has 0 aromatic heterocycles. The minimum Gasteiger partial charge on any atom is -0.378 e. The number of aliphatic imine (C=N–C) groups is 1. The fourth-order valence-corrected chi connectivity index (χ4v) is 2.39. The van der Waals surface area contributed by atoms with Gasteiger partial charge in [-0.05, 0) is 32.1 Å². The Balaban J connectivity index is 1.53. The molecule has 2 rings (SSSR count). The molecule has 0 aromatic carbocycles. The maximum atomic E-state index is 5.55. The number of ether oxygens (including phenoxy) is 1. The Morgan fingerprint density at radius 2 is 2.31 bits per heavy atom. The average Bonchev–Trinajstić information content (AvgIpc) is 2.60. The van der Waals surface area contributed by atoms with Crippen LogP contribution >= 0.6 is 0 Å². The highest BCUT2D eigenvalue weighted by molar-refractivity contribution is 5.81. The highest BCUT2D eigenvalue weighted by Crippen LogP contribution is 2.32. The van der Waals surface area contributed by atoms with Gasteiger partial charge in [0, 0.05) is 26.7 Å². The standard InChI is InChI=1S/C12H23N3O/c1-3-16-11-8-10(9-11)4-5-13-12-14-6-7-15(12)2/h10-11H,3-9H2,1-2H3,(H,13,14). The van der Waals surface area contributed by atoms with Gasteiger partial charge in [-0.1, -0.05) is 0 Å². The number of likely N-dealkylation sites (N-methyl/N-ethyl adjacent to an activating group) is 1. The first-order chi connectivity index (χ1) is 7.79. The first-order valence-corrected chi connectivity index (χ1v) is 6.40. The molecule has 0 spiro atoms. The third-order valence-electron chi connectivity index (χ3n) is 3.49. The maximum absolute atomic E-state index is 5.55. The van der Waals surface area contributed by atoms with Gasteiger partial charge in [0.05, 0.1) is 12.6 Å². The molecule has 0 bridgehead atoms. The Bertz CT molecular complexity index is 249. The second-order valence-corrected chi connectivity index (χ2v) is 4.76. The Hall–Kier alpha value is -0.770. The molecule has 2 aliphatic rings. The number of hydrogen-bond acceptors (Lipinski definition) is 4. The summed E-state index contributed by atoms with van der Waals surface area (Å²) in [5.41, 5.74) is 0. The van der Waals surface area contributed by atoms with Crippen LogP contribution in [0.1, 0.15) is 26.2 Å². The van der Waals surface area contributed by atoms with E-state index in [0.29, 0.717) is 6.10 Å². The molecule has 1 N–H and O–H groups in total. The third-order valence-corrected chi connectivity index (χ3v) is 3.49. The van der Waals surface area contributed by atoms with E-state index in [0.717, 1.165) is 38.1 Å². The monoisotopic (exact) mass is 225 g/mol. The fraction of sp³-hybridized carbons (Fsp3) is 0.917. The highest BCUT2D eigenvalue weighted by Gasteiger charge is 2.28. The van der Waals surface area contributed by atoms with Crippen LogP contribution in [0.25, 0.3) is 0 Å². The molecule has 0 saturated heterocycles. The van der Waals surface area contributed by atoms with Crippen molar-refractivity contribution in [3.05, 3.63) is 0 Å². The number of guanidine groups is 1. The van der Waals surface area contributed by atoms with E-state index >= 15 is 0 Å². The van der Waals surface area contributed by atoms with E-state index < -0.39 is 0 Å². The van der Waals surface area contributed by atoms with E-state index in [4.69, 9.17) is 4.74 Å². The van der Waals surface area contributed by atoms with Crippen molar-refractivity contribution < 1.29 is 4.74 Å². The summed E-state index contributed by atoms with van der Waals surface area (Å²) in [5.74, 6) is 1.93. The lowest BCUT2D eigenvalue weighted by atomic mass is 9.80. The normalized spacial score (nSPS) is 28.9. The minimum atomic E-state index is 0.543. The summed E-state index contributed by atoms with van der Waals surface area (Å²) in [6.45, 7) is 5.97. The molecule has 92 valence electrons. The molecule has 4 heteroatoms. The fourth-order valence-electron chi connectivity index (χ4n) is 2.39. The van der Waals surface area contributed by atoms with Gasteiger partial charge in [-0.2, -0.15) is 0 Å². The summed E-state index contributed by atoms with van der Waals surface area (Å²) in [5, 5.41) is 3.41. The molecular formula is C12H23N3O. The maximum Gasteiger partial charge on any atom is 0.193 e. The molecule has 0 unspecified atom stereocenters. The Morgan fingerprint density at radius 3 is 2.94 bits per heavy atom. The molecule has 0 amide bonds. The molecule has 0 atom stereocenters. The lowest BCUT2D eigenvalue weighted by Gasteiger charge is -2.35. The second kappa shape index (κ2) is 5.53. The van der Waals surface area contributed by atoms with E-state index in [1.165, 1.54) is 19.3 Å². The van der Waals surface area contributed by atoms with E-state index in [1.54, 1.807) is 0 Å². The van der Waals surface area contributed by atoms with Crippen molar-refractivity contribution in [3.63, 3.8) is 0 Å². The van der Waals surface area contributed by atoms with Crippen LogP contribution in [0.4, 0.5) is 0 Å². The zero-order valence-electron chi connectivity index (χ0n) is 10.4. The highest BCUT2D eigenvalue weighted by atomic mass is 16.5. The smallest absolute Gasteiger partial charge is 0.193 e. The van der Waals surface area contributed by atoms with Gasteiger partial charge in [0.15, 0.2) is 5.96 Å². The molecular weight excluding hydrogens is 202 g/mol. The summed E-state index contributed by atoms with van der Waals surface area (Å²) in [7, 11) is 2.09. The molecule has 16 heavy (non-hydrogen) atoms. The van der Waals surface area contributed by atoms with Crippen molar-refractivity contribution in [2.75, 3.05) is 33.3 Å². The third kappa shape index (κ3) is 2.88. The van der Waals surface area contributed by atoms with E-state index in [2.05, 4.69) is 29.2 Å². The summed E-state index contributed by atoms with van der Waals surface area (Å²) >= 11 is 0. The minimum absolute atomic E-state index is 0.543. The van der Waals surface area contributed by atoms with Crippen molar-refractivity contribution in [3.8, 4) is 0 Å². The number of nitrogens with zero attached hydrogens (tertiary/aromatic N) is 2. The van der Waals surface area contributed by atoms with E-state index in [9.17, 15) is 0 Å². The van der Waals surface area contributed by atoms with Crippen LogP contribution in [0.5, 0.6) is 0 Å².